The maximum Gasteiger partial charge on any atom is 0.145 e. The van der Waals surface area contributed by atoms with Gasteiger partial charge < -0.3 is 4.57 Å². The molecule has 2 heterocycles. The van der Waals surface area contributed by atoms with Crippen molar-refractivity contribution in [3.63, 3.8) is 0 Å². The van der Waals surface area contributed by atoms with E-state index in [1.54, 1.807) is 5.57 Å². The molecule has 1 atom stereocenters. The summed E-state index contributed by atoms with van der Waals surface area (Å²) >= 11 is 6.16. The van der Waals surface area contributed by atoms with Crippen LogP contribution in [-0.4, -0.2) is 14.5 Å². The first-order valence-electron chi connectivity index (χ1n) is 6.39. The van der Waals surface area contributed by atoms with Crippen LogP contribution in [0, 0.1) is 6.92 Å². The molecule has 2 aromatic heterocycles. The summed E-state index contributed by atoms with van der Waals surface area (Å²) < 4.78 is 2.22. The Morgan fingerprint density at radius 2 is 2.28 bits per heavy atom. The number of aromatic nitrogens is 3. The third kappa shape index (κ3) is 1.83. The van der Waals surface area contributed by atoms with E-state index < -0.39 is 0 Å². The first kappa shape index (κ1) is 11.7. The molecule has 0 saturated heterocycles. The summed E-state index contributed by atoms with van der Waals surface area (Å²) in [6, 6.07) is 2.43. The molecule has 1 aliphatic carbocycles. The number of nitrogens with zero attached hydrogens (tertiary/aromatic N) is 3. The fraction of sp³-hybridized carbons (Fsp3) is 0.429. The summed E-state index contributed by atoms with van der Waals surface area (Å²) in [5, 5.41) is 1.49. The highest BCUT2D eigenvalue weighted by molar-refractivity contribution is 6.33. The number of allylic oxidation sites excluding steroid dienone is 2. The van der Waals surface area contributed by atoms with Gasteiger partial charge in [-0.15, -0.1) is 0 Å². The minimum Gasteiger partial charge on any atom is -0.325 e. The van der Waals surface area contributed by atoms with Gasteiger partial charge in [-0.1, -0.05) is 30.2 Å². The molecule has 0 bridgehead atoms. The Labute approximate surface area is 111 Å². The van der Waals surface area contributed by atoms with Crippen molar-refractivity contribution in [1.82, 2.24) is 14.5 Å². The molecule has 0 aromatic carbocycles. The van der Waals surface area contributed by atoms with E-state index >= 15 is 0 Å². The molecule has 18 heavy (non-hydrogen) atoms. The molecule has 94 valence electrons. The summed E-state index contributed by atoms with van der Waals surface area (Å²) in [5.74, 6) is 0.727. The van der Waals surface area contributed by atoms with Gasteiger partial charge in [0.2, 0.25) is 0 Å². The van der Waals surface area contributed by atoms with Crippen molar-refractivity contribution in [3.05, 3.63) is 34.9 Å². The average molecular weight is 262 g/mol. The second kappa shape index (κ2) is 4.39. The van der Waals surface area contributed by atoms with Crippen LogP contribution < -0.4 is 0 Å². The molecule has 3 nitrogen and oxygen atoms in total. The number of halogens is 1. The van der Waals surface area contributed by atoms with Crippen LogP contribution in [0.1, 0.15) is 38.1 Å². The van der Waals surface area contributed by atoms with Crippen molar-refractivity contribution in [1.29, 1.82) is 0 Å². The lowest BCUT2D eigenvalue weighted by molar-refractivity contribution is 0.603. The smallest absolute Gasteiger partial charge is 0.145 e. The average Bonchev–Trinajstić information content (AvgIpc) is 2.93. The SMILES string of the molecule is CCC1=CC(n2ccc3c(Cl)nc(C)nc32)CC1. The van der Waals surface area contributed by atoms with Crippen LogP contribution in [0.5, 0.6) is 0 Å². The largest absolute Gasteiger partial charge is 0.325 e. The van der Waals surface area contributed by atoms with Gasteiger partial charge in [-0.25, -0.2) is 9.97 Å². The van der Waals surface area contributed by atoms with Crippen molar-refractivity contribution in [2.45, 2.75) is 39.2 Å². The van der Waals surface area contributed by atoms with Crippen LogP contribution in [0.2, 0.25) is 5.15 Å². The molecular weight excluding hydrogens is 246 g/mol. The Hall–Kier alpha value is -1.35. The lowest BCUT2D eigenvalue weighted by atomic mass is 10.2. The standard InChI is InChI=1S/C14H16ClN3/c1-3-10-4-5-11(8-10)18-7-6-12-13(15)16-9(2)17-14(12)18/h6-8,11H,3-5H2,1-2H3. The predicted molar refractivity (Wildman–Crippen MR) is 73.9 cm³/mol. The predicted octanol–water partition coefficient (Wildman–Crippen LogP) is 4.06. The number of rotatable bonds is 2. The summed E-state index contributed by atoms with van der Waals surface area (Å²) in [6.07, 6.45) is 7.94. The van der Waals surface area contributed by atoms with E-state index in [1.807, 2.05) is 13.0 Å². The lowest BCUT2D eigenvalue weighted by Gasteiger charge is -2.11. The molecule has 3 rings (SSSR count). The fourth-order valence-corrected chi connectivity index (χ4v) is 2.92. The van der Waals surface area contributed by atoms with Crippen molar-refractivity contribution >= 4 is 22.6 Å². The minimum absolute atomic E-state index is 0.419. The van der Waals surface area contributed by atoms with Gasteiger partial charge in [-0.05, 0) is 32.3 Å². The van der Waals surface area contributed by atoms with E-state index in [0.29, 0.717) is 11.2 Å². The Morgan fingerprint density at radius 1 is 1.44 bits per heavy atom. The van der Waals surface area contributed by atoms with E-state index in [9.17, 15) is 0 Å². The third-order valence-electron chi connectivity index (χ3n) is 3.64. The first-order valence-corrected chi connectivity index (χ1v) is 6.77. The van der Waals surface area contributed by atoms with Crippen molar-refractivity contribution in [3.8, 4) is 0 Å². The van der Waals surface area contributed by atoms with Gasteiger partial charge in [0.1, 0.15) is 16.6 Å². The summed E-state index contributed by atoms with van der Waals surface area (Å²) in [4.78, 5) is 8.73. The molecule has 0 N–H and O–H groups in total. The topological polar surface area (TPSA) is 30.7 Å². The second-order valence-electron chi connectivity index (χ2n) is 4.81. The molecule has 0 amide bonds. The highest BCUT2D eigenvalue weighted by Gasteiger charge is 2.19. The van der Waals surface area contributed by atoms with Crippen molar-refractivity contribution in [2.75, 3.05) is 0 Å². The van der Waals surface area contributed by atoms with Crippen LogP contribution in [-0.2, 0) is 0 Å². The first-order chi connectivity index (χ1) is 8.69. The minimum atomic E-state index is 0.419. The maximum absolute atomic E-state index is 6.16. The van der Waals surface area contributed by atoms with E-state index in [4.69, 9.17) is 11.6 Å². The summed E-state index contributed by atoms with van der Waals surface area (Å²) in [5.41, 5.74) is 2.49. The van der Waals surface area contributed by atoms with Crippen LogP contribution in [0.25, 0.3) is 11.0 Å². The number of fused-ring (bicyclic) bond motifs is 1. The van der Waals surface area contributed by atoms with E-state index in [0.717, 1.165) is 29.7 Å². The molecule has 1 aliphatic rings. The summed E-state index contributed by atoms with van der Waals surface area (Å²) in [7, 11) is 0. The number of hydrogen-bond donors (Lipinski definition) is 0. The van der Waals surface area contributed by atoms with Gasteiger partial charge in [0.25, 0.3) is 0 Å². The zero-order chi connectivity index (χ0) is 12.7. The van der Waals surface area contributed by atoms with Gasteiger partial charge in [0.05, 0.1) is 11.4 Å². The molecule has 0 spiro atoms. The molecule has 4 heteroatoms. The molecule has 0 saturated carbocycles. The van der Waals surface area contributed by atoms with Crippen molar-refractivity contribution < 1.29 is 0 Å². The Morgan fingerprint density at radius 3 is 3.00 bits per heavy atom. The maximum atomic E-state index is 6.16. The Balaban J connectivity index is 2.11. The molecule has 1 unspecified atom stereocenters. The van der Waals surface area contributed by atoms with Crippen LogP contribution in [0.3, 0.4) is 0 Å². The van der Waals surface area contributed by atoms with Gasteiger partial charge in [-0.3, -0.25) is 0 Å². The molecule has 0 radical (unpaired) electrons. The number of aryl methyl sites for hydroxylation is 1. The molecule has 2 aromatic rings. The van der Waals surface area contributed by atoms with E-state index in [-0.39, 0.29) is 0 Å². The van der Waals surface area contributed by atoms with Crippen LogP contribution in [0.4, 0.5) is 0 Å². The Bertz CT molecular complexity index is 627. The van der Waals surface area contributed by atoms with E-state index in [2.05, 4.69) is 33.7 Å². The quantitative estimate of drug-likeness (QED) is 0.603. The van der Waals surface area contributed by atoms with E-state index in [1.165, 1.54) is 6.42 Å². The van der Waals surface area contributed by atoms with Crippen LogP contribution >= 0.6 is 11.6 Å². The second-order valence-corrected chi connectivity index (χ2v) is 5.16. The normalized spacial score (nSPS) is 19.5. The molecule has 0 fully saturated rings. The summed E-state index contributed by atoms with van der Waals surface area (Å²) in [6.45, 7) is 4.09. The van der Waals surface area contributed by atoms with Gasteiger partial charge in [-0.2, -0.15) is 0 Å². The zero-order valence-electron chi connectivity index (χ0n) is 10.7. The third-order valence-corrected chi connectivity index (χ3v) is 3.93. The van der Waals surface area contributed by atoms with Gasteiger partial charge >= 0.3 is 0 Å². The Kier molecular flexibility index (Phi) is 2.86. The van der Waals surface area contributed by atoms with Gasteiger partial charge in [0, 0.05) is 6.20 Å². The highest BCUT2D eigenvalue weighted by Crippen LogP contribution is 2.33. The number of hydrogen-bond acceptors (Lipinski definition) is 2. The fourth-order valence-electron chi connectivity index (χ4n) is 2.65. The molecular formula is C14H16ClN3. The van der Waals surface area contributed by atoms with Gasteiger partial charge in [0.15, 0.2) is 0 Å². The zero-order valence-corrected chi connectivity index (χ0v) is 11.4. The van der Waals surface area contributed by atoms with Crippen molar-refractivity contribution in [2.24, 2.45) is 0 Å². The lowest BCUT2D eigenvalue weighted by Crippen LogP contribution is -2.04. The highest BCUT2D eigenvalue weighted by atomic mass is 35.5. The monoisotopic (exact) mass is 261 g/mol. The van der Waals surface area contributed by atoms with Crippen LogP contribution in [0.15, 0.2) is 23.9 Å². The molecule has 0 aliphatic heterocycles.